The van der Waals surface area contributed by atoms with E-state index in [1.54, 1.807) is 30.3 Å². The zero-order chi connectivity index (χ0) is 20.4. The van der Waals surface area contributed by atoms with E-state index in [2.05, 4.69) is 10.0 Å². The van der Waals surface area contributed by atoms with Crippen LogP contribution in [0, 0.1) is 5.82 Å². The molecule has 0 aliphatic carbocycles. The van der Waals surface area contributed by atoms with E-state index in [4.69, 9.17) is 4.74 Å². The van der Waals surface area contributed by atoms with Gasteiger partial charge in [0.1, 0.15) is 12.4 Å². The molecule has 2 rings (SSSR count). The fraction of sp³-hybridized carbons (Fsp3) is 0.158. The van der Waals surface area contributed by atoms with Gasteiger partial charge in [-0.3, -0.25) is 9.59 Å². The highest BCUT2D eigenvalue weighted by Gasteiger charge is 2.11. The standard InChI is InChI=1S/C19H19FN2O5S/c20-17-8-6-16(7-9-17)12-21-18(23)14-27-19(24)13-22-28(25,26)11-10-15-4-2-1-3-5-15/h1-11,22H,12-14H2,(H,21,23)/b11-10+. The van der Waals surface area contributed by atoms with Crippen molar-refractivity contribution in [3.05, 3.63) is 76.9 Å². The third kappa shape index (κ3) is 8.11. The van der Waals surface area contributed by atoms with Crippen molar-refractivity contribution in [3.8, 4) is 0 Å². The van der Waals surface area contributed by atoms with Crippen molar-refractivity contribution in [2.75, 3.05) is 13.2 Å². The molecule has 0 spiro atoms. The summed E-state index contributed by atoms with van der Waals surface area (Å²) < 4.78 is 43.2. The predicted molar refractivity (Wildman–Crippen MR) is 102 cm³/mol. The van der Waals surface area contributed by atoms with Crippen molar-refractivity contribution in [2.24, 2.45) is 0 Å². The molecule has 1 amide bonds. The molecule has 7 nitrogen and oxygen atoms in total. The normalized spacial score (nSPS) is 11.3. The first-order valence-corrected chi connectivity index (χ1v) is 9.78. The van der Waals surface area contributed by atoms with Crippen molar-refractivity contribution >= 4 is 28.0 Å². The minimum Gasteiger partial charge on any atom is -0.455 e. The Kier molecular flexibility index (Phi) is 7.85. The van der Waals surface area contributed by atoms with E-state index in [0.29, 0.717) is 11.1 Å². The Labute approximate surface area is 162 Å². The Bertz CT molecular complexity index is 929. The first-order chi connectivity index (χ1) is 13.3. The van der Waals surface area contributed by atoms with Gasteiger partial charge in [-0.15, -0.1) is 0 Å². The maximum atomic E-state index is 12.8. The second-order valence-electron chi connectivity index (χ2n) is 5.64. The molecule has 0 unspecified atom stereocenters. The van der Waals surface area contributed by atoms with Crippen LogP contribution in [0.5, 0.6) is 0 Å². The number of esters is 1. The molecule has 0 saturated heterocycles. The lowest BCUT2D eigenvalue weighted by molar-refractivity contribution is -0.147. The van der Waals surface area contributed by atoms with Crippen LogP contribution in [0.2, 0.25) is 0 Å². The summed E-state index contributed by atoms with van der Waals surface area (Å²) in [6.07, 6.45) is 1.39. The Hall–Kier alpha value is -3.04. The summed E-state index contributed by atoms with van der Waals surface area (Å²) in [7, 11) is -3.83. The number of hydrogen-bond acceptors (Lipinski definition) is 5. The molecule has 0 heterocycles. The lowest BCUT2D eigenvalue weighted by Crippen LogP contribution is -2.33. The summed E-state index contributed by atoms with van der Waals surface area (Å²) in [5.41, 5.74) is 1.37. The van der Waals surface area contributed by atoms with Gasteiger partial charge < -0.3 is 10.1 Å². The zero-order valence-corrected chi connectivity index (χ0v) is 15.6. The van der Waals surface area contributed by atoms with Gasteiger partial charge in [-0.05, 0) is 29.3 Å². The molecule has 28 heavy (non-hydrogen) atoms. The van der Waals surface area contributed by atoms with E-state index in [-0.39, 0.29) is 12.4 Å². The molecule has 2 aromatic rings. The SMILES string of the molecule is O=C(COC(=O)CNS(=O)(=O)/C=C/c1ccccc1)NCc1ccc(F)cc1. The molecule has 0 aliphatic rings. The maximum Gasteiger partial charge on any atom is 0.321 e. The first-order valence-electron chi connectivity index (χ1n) is 8.24. The third-order valence-corrected chi connectivity index (χ3v) is 4.47. The number of nitrogens with one attached hydrogen (secondary N) is 2. The van der Waals surface area contributed by atoms with Gasteiger partial charge in [0.2, 0.25) is 10.0 Å². The molecule has 2 N–H and O–H groups in total. The number of amides is 1. The molecule has 0 aromatic heterocycles. The zero-order valence-electron chi connectivity index (χ0n) is 14.8. The summed E-state index contributed by atoms with van der Waals surface area (Å²) in [5, 5.41) is 3.43. The van der Waals surface area contributed by atoms with Crippen LogP contribution in [0.15, 0.2) is 60.0 Å². The molecule has 0 radical (unpaired) electrons. The van der Waals surface area contributed by atoms with Gasteiger partial charge in [-0.1, -0.05) is 42.5 Å². The second-order valence-corrected chi connectivity index (χ2v) is 7.29. The van der Waals surface area contributed by atoms with E-state index in [1.165, 1.54) is 30.3 Å². The summed E-state index contributed by atoms with van der Waals surface area (Å²) >= 11 is 0. The molecule has 0 saturated carbocycles. The van der Waals surface area contributed by atoms with Crippen LogP contribution in [0.4, 0.5) is 4.39 Å². The molecule has 0 bridgehead atoms. The minimum atomic E-state index is -3.83. The molecule has 2 aromatic carbocycles. The third-order valence-electron chi connectivity index (χ3n) is 3.42. The van der Waals surface area contributed by atoms with E-state index < -0.39 is 35.1 Å². The highest BCUT2D eigenvalue weighted by Crippen LogP contribution is 2.03. The van der Waals surface area contributed by atoms with Crippen LogP contribution in [-0.4, -0.2) is 33.4 Å². The van der Waals surface area contributed by atoms with Gasteiger partial charge in [-0.2, -0.15) is 0 Å². The summed E-state index contributed by atoms with van der Waals surface area (Å²) in [6.45, 7) is -1.01. The van der Waals surface area contributed by atoms with Crippen LogP contribution < -0.4 is 10.0 Å². The monoisotopic (exact) mass is 406 g/mol. The summed E-state index contributed by atoms with van der Waals surface area (Å²) in [5.74, 6) is -1.84. The van der Waals surface area contributed by atoms with Crippen molar-refractivity contribution in [1.29, 1.82) is 0 Å². The Morgan fingerprint density at radius 2 is 1.71 bits per heavy atom. The number of benzene rings is 2. The van der Waals surface area contributed by atoms with Crippen LogP contribution in [-0.2, 0) is 30.9 Å². The summed E-state index contributed by atoms with van der Waals surface area (Å²) in [6, 6.07) is 14.3. The molecule has 0 fully saturated rings. The smallest absolute Gasteiger partial charge is 0.321 e. The highest BCUT2D eigenvalue weighted by atomic mass is 32.2. The van der Waals surface area contributed by atoms with Gasteiger partial charge in [-0.25, -0.2) is 17.5 Å². The van der Waals surface area contributed by atoms with Crippen LogP contribution >= 0.6 is 0 Å². The lowest BCUT2D eigenvalue weighted by atomic mass is 10.2. The number of carbonyl (C=O) groups is 2. The quantitative estimate of drug-likeness (QED) is 0.616. The van der Waals surface area contributed by atoms with Crippen LogP contribution in [0.1, 0.15) is 11.1 Å². The van der Waals surface area contributed by atoms with Gasteiger partial charge in [0.15, 0.2) is 6.61 Å². The van der Waals surface area contributed by atoms with Crippen molar-refractivity contribution in [1.82, 2.24) is 10.0 Å². The van der Waals surface area contributed by atoms with Crippen molar-refractivity contribution in [2.45, 2.75) is 6.54 Å². The number of sulfonamides is 1. The topological polar surface area (TPSA) is 102 Å². The van der Waals surface area contributed by atoms with E-state index in [9.17, 15) is 22.4 Å². The first kappa shape index (κ1) is 21.3. The van der Waals surface area contributed by atoms with Crippen molar-refractivity contribution < 1.29 is 27.1 Å². The molecular weight excluding hydrogens is 387 g/mol. The number of carbonyl (C=O) groups excluding carboxylic acids is 2. The van der Waals surface area contributed by atoms with E-state index in [0.717, 1.165) is 5.41 Å². The van der Waals surface area contributed by atoms with Gasteiger partial charge in [0.25, 0.3) is 5.91 Å². The maximum absolute atomic E-state index is 12.8. The molecular formula is C19H19FN2O5S. The fourth-order valence-electron chi connectivity index (χ4n) is 1.99. The van der Waals surface area contributed by atoms with Gasteiger partial charge in [0.05, 0.1) is 0 Å². The van der Waals surface area contributed by atoms with Crippen LogP contribution in [0.25, 0.3) is 6.08 Å². The fourth-order valence-corrected chi connectivity index (χ4v) is 2.74. The Balaban J connectivity index is 1.69. The predicted octanol–water partition coefficient (Wildman–Crippen LogP) is 1.58. The second kappa shape index (κ2) is 10.3. The number of hydrogen-bond donors (Lipinski definition) is 2. The molecule has 9 heteroatoms. The van der Waals surface area contributed by atoms with Crippen molar-refractivity contribution in [3.63, 3.8) is 0 Å². The number of halogens is 1. The van der Waals surface area contributed by atoms with Gasteiger partial charge >= 0.3 is 5.97 Å². The number of ether oxygens (including phenoxy) is 1. The van der Waals surface area contributed by atoms with E-state index in [1.807, 2.05) is 0 Å². The lowest BCUT2D eigenvalue weighted by Gasteiger charge is -2.07. The Morgan fingerprint density at radius 1 is 1.04 bits per heavy atom. The highest BCUT2D eigenvalue weighted by molar-refractivity contribution is 7.92. The minimum absolute atomic E-state index is 0.146. The van der Waals surface area contributed by atoms with E-state index >= 15 is 0 Å². The molecule has 0 atom stereocenters. The van der Waals surface area contributed by atoms with Crippen LogP contribution in [0.3, 0.4) is 0 Å². The Morgan fingerprint density at radius 3 is 2.39 bits per heavy atom. The van der Waals surface area contributed by atoms with Gasteiger partial charge in [0, 0.05) is 12.0 Å². The average molecular weight is 406 g/mol. The molecule has 148 valence electrons. The largest absolute Gasteiger partial charge is 0.455 e. The molecule has 0 aliphatic heterocycles. The number of rotatable bonds is 9. The summed E-state index contributed by atoms with van der Waals surface area (Å²) in [4.78, 5) is 23.2. The average Bonchev–Trinajstić information content (AvgIpc) is 2.70.